The van der Waals surface area contributed by atoms with E-state index in [0.29, 0.717) is 17.3 Å². The first-order valence-electron chi connectivity index (χ1n) is 8.56. The van der Waals surface area contributed by atoms with Gasteiger partial charge in [-0.3, -0.25) is 4.79 Å². The fourth-order valence-electron chi connectivity index (χ4n) is 3.24. The number of aryl methyl sites for hydroxylation is 1. The predicted molar refractivity (Wildman–Crippen MR) is 92.3 cm³/mol. The van der Waals surface area contributed by atoms with Gasteiger partial charge in [-0.25, -0.2) is 4.79 Å². The summed E-state index contributed by atoms with van der Waals surface area (Å²) in [6, 6.07) is 6.73. The second-order valence-corrected chi connectivity index (χ2v) is 6.50. The number of carbonyl (C=O) groups is 1. The molecule has 0 aliphatic heterocycles. The van der Waals surface area contributed by atoms with Crippen LogP contribution in [0.3, 0.4) is 0 Å². The van der Waals surface area contributed by atoms with Gasteiger partial charge in [0.1, 0.15) is 11.3 Å². The maximum absolute atomic E-state index is 11.9. The van der Waals surface area contributed by atoms with Gasteiger partial charge in [0.05, 0.1) is 0 Å². The standard InChI is InChI=1S/C19H23NO4/c1-13-9-19(22)24-17-10-15(7-8-16(13)17)23-12-18(21)20-11-14-5-3-2-4-6-14/h7-10,14H,2-6,11-12H2,1H3,(H,20,21). The molecule has 5 nitrogen and oxygen atoms in total. The number of benzene rings is 1. The number of carbonyl (C=O) groups excluding carboxylic acids is 1. The van der Waals surface area contributed by atoms with Crippen molar-refractivity contribution in [2.75, 3.05) is 13.2 Å². The second-order valence-electron chi connectivity index (χ2n) is 6.50. The van der Waals surface area contributed by atoms with Gasteiger partial charge in [0, 0.05) is 24.1 Å². The third-order valence-electron chi connectivity index (χ3n) is 4.61. The minimum atomic E-state index is -0.387. The summed E-state index contributed by atoms with van der Waals surface area (Å²) in [5.41, 5.74) is 0.945. The molecule has 1 heterocycles. The Morgan fingerprint density at radius 3 is 2.83 bits per heavy atom. The SMILES string of the molecule is Cc1cc(=O)oc2cc(OCC(=O)NCC3CCCCC3)ccc12. The average molecular weight is 329 g/mol. The summed E-state index contributed by atoms with van der Waals surface area (Å²) in [5, 5.41) is 3.81. The first kappa shape index (κ1) is 16.6. The highest BCUT2D eigenvalue weighted by atomic mass is 16.5. The van der Waals surface area contributed by atoms with Crippen molar-refractivity contribution < 1.29 is 13.9 Å². The summed E-state index contributed by atoms with van der Waals surface area (Å²) in [4.78, 5) is 23.4. The predicted octanol–water partition coefficient (Wildman–Crippen LogP) is 3.18. The van der Waals surface area contributed by atoms with Gasteiger partial charge in [-0.2, -0.15) is 0 Å². The van der Waals surface area contributed by atoms with Gasteiger partial charge < -0.3 is 14.5 Å². The Kier molecular flexibility index (Phi) is 5.18. The molecule has 5 heteroatoms. The fourth-order valence-corrected chi connectivity index (χ4v) is 3.24. The van der Waals surface area contributed by atoms with Crippen LogP contribution in [0.25, 0.3) is 11.0 Å². The average Bonchev–Trinajstić information content (AvgIpc) is 2.58. The molecule has 0 unspecified atom stereocenters. The first-order valence-corrected chi connectivity index (χ1v) is 8.56. The van der Waals surface area contributed by atoms with Gasteiger partial charge >= 0.3 is 5.63 Å². The second kappa shape index (κ2) is 7.51. The van der Waals surface area contributed by atoms with E-state index in [1.54, 1.807) is 12.1 Å². The van der Waals surface area contributed by atoms with E-state index < -0.39 is 0 Å². The van der Waals surface area contributed by atoms with Crippen molar-refractivity contribution in [2.24, 2.45) is 5.92 Å². The number of fused-ring (bicyclic) bond motifs is 1. The summed E-state index contributed by atoms with van der Waals surface area (Å²) >= 11 is 0. The first-order chi connectivity index (χ1) is 11.6. The Morgan fingerprint density at radius 2 is 2.04 bits per heavy atom. The molecule has 1 fully saturated rings. The Morgan fingerprint density at radius 1 is 1.25 bits per heavy atom. The lowest BCUT2D eigenvalue weighted by Crippen LogP contribution is -2.33. The van der Waals surface area contributed by atoms with Crippen LogP contribution in [0.4, 0.5) is 0 Å². The highest BCUT2D eigenvalue weighted by Gasteiger charge is 2.14. The van der Waals surface area contributed by atoms with Crippen molar-refractivity contribution in [3.05, 3.63) is 40.2 Å². The molecule has 0 radical (unpaired) electrons. The summed E-state index contributed by atoms with van der Waals surface area (Å²) in [6.45, 7) is 2.56. The molecule has 1 N–H and O–H groups in total. The molecule has 1 amide bonds. The van der Waals surface area contributed by atoms with Crippen LogP contribution in [-0.2, 0) is 4.79 Å². The summed E-state index contributed by atoms with van der Waals surface area (Å²) in [6.07, 6.45) is 6.23. The van der Waals surface area contributed by atoms with E-state index in [-0.39, 0.29) is 18.1 Å². The summed E-state index contributed by atoms with van der Waals surface area (Å²) < 4.78 is 10.7. The topological polar surface area (TPSA) is 68.5 Å². The van der Waals surface area contributed by atoms with Gasteiger partial charge in [0.15, 0.2) is 6.61 Å². The van der Waals surface area contributed by atoms with Crippen LogP contribution in [0.2, 0.25) is 0 Å². The van der Waals surface area contributed by atoms with Crippen molar-refractivity contribution in [1.29, 1.82) is 0 Å². The zero-order chi connectivity index (χ0) is 16.9. The van der Waals surface area contributed by atoms with Crippen LogP contribution in [0.15, 0.2) is 33.5 Å². The van der Waals surface area contributed by atoms with E-state index in [0.717, 1.165) is 17.5 Å². The van der Waals surface area contributed by atoms with E-state index in [4.69, 9.17) is 9.15 Å². The smallest absolute Gasteiger partial charge is 0.336 e. The fraction of sp³-hybridized carbons (Fsp3) is 0.474. The molecule has 1 aromatic carbocycles. The van der Waals surface area contributed by atoms with Gasteiger partial charge in [-0.1, -0.05) is 19.3 Å². The van der Waals surface area contributed by atoms with Gasteiger partial charge in [0.25, 0.3) is 5.91 Å². The maximum Gasteiger partial charge on any atom is 0.336 e. The van der Waals surface area contributed by atoms with Crippen LogP contribution in [-0.4, -0.2) is 19.1 Å². The lowest BCUT2D eigenvalue weighted by molar-refractivity contribution is -0.123. The number of hydrogen-bond acceptors (Lipinski definition) is 4. The van der Waals surface area contributed by atoms with Crippen molar-refractivity contribution in [1.82, 2.24) is 5.32 Å². The number of amides is 1. The molecule has 24 heavy (non-hydrogen) atoms. The van der Waals surface area contributed by atoms with E-state index >= 15 is 0 Å². The zero-order valence-corrected chi connectivity index (χ0v) is 14.0. The highest BCUT2D eigenvalue weighted by molar-refractivity contribution is 5.81. The van der Waals surface area contributed by atoms with Gasteiger partial charge in [0.2, 0.25) is 0 Å². The Bertz CT molecular complexity index is 775. The van der Waals surface area contributed by atoms with Gasteiger partial charge in [-0.05, 0) is 43.4 Å². The molecule has 0 spiro atoms. The molecule has 3 rings (SSSR count). The molecule has 1 aromatic heterocycles. The molecule has 1 aliphatic rings. The monoisotopic (exact) mass is 329 g/mol. The summed E-state index contributed by atoms with van der Waals surface area (Å²) in [7, 11) is 0. The molecule has 0 bridgehead atoms. The summed E-state index contributed by atoms with van der Waals surface area (Å²) in [5.74, 6) is 0.996. The van der Waals surface area contributed by atoms with Crippen molar-refractivity contribution in [3.63, 3.8) is 0 Å². The van der Waals surface area contributed by atoms with Crippen molar-refractivity contribution in [3.8, 4) is 5.75 Å². The van der Waals surface area contributed by atoms with E-state index in [9.17, 15) is 9.59 Å². The largest absolute Gasteiger partial charge is 0.484 e. The third kappa shape index (κ3) is 4.16. The molecule has 0 saturated heterocycles. The molecule has 1 saturated carbocycles. The van der Waals surface area contributed by atoms with Crippen LogP contribution in [0, 0.1) is 12.8 Å². The Hall–Kier alpha value is -2.30. The highest BCUT2D eigenvalue weighted by Crippen LogP contribution is 2.23. The molecular formula is C19H23NO4. The van der Waals surface area contributed by atoms with E-state index in [1.807, 2.05) is 13.0 Å². The molecule has 0 atom stereocenters. The molecule has 2 aromatic rings. The Balaban J connectivity index is 1.55. The molecular weight excluding hydrogens is 306 g/mol. The maximum atomic E-state index is 11.9. The molecule has 128 valence electrons. The van der Waals surface area contributed by atoms with Crippen molar-refractivity contribution >= 4 is 16.9 Å². The van der Waals surface area contributed by atoms with Crippen LogP contribution in [0.5, 0.6) is 5.75 Å². The lowest BCUT2D eigenvalue weighted by Gasteiger charge is -2.21. The number of ether oxygens (including phenoxy) is 1. The number of hydrogen-bond donors (Lipinski definition) is 1. The normalized spacial score (nSPS) is 15.4. The minimum absolute atomic E-state index is 0.0335. The number of nitrogens with one attached hydrogen (secondary N) is 1. The van der Waals surface area contributed by atoms with Crippen LogP contribution >= 0.6 is 0 Å². The minimum Gasteiger partial charge on any atom is -0.484 e. The van der Waals surface area contributed by atoms with Crippen molar-refractivity contribution in [2.45, 2.75) is 39.0 Å². The lowest BCUT2D eigenvalue weighted by atomic mass is 9.89. The third-order valence-corrected chi connectivity index (χ3v) is 4.61. The molecule has 1 aliphatic carbocycles. The van der Waals surface area contributed by atoms with E-state index in [1.165, 1.54) is 38.2 Å². The van der Waals surface area contributed by atoms with Crippen LogP contribution < -0.4 is 15.7 Å². The quantitative estimate of drug-likeness (QED) is 0.856. The van der Waals surface area contributed by atoms with Gasteiger partial charge in [-0.15, -0.1) is 0 Å². The van der Waals surface area contributed by atoms with E-state index in [2.05, 4.69) is 5.32 Å². The van der Waals surface area contributed by atoms with Crippen LogP contribution in [0.1, 0.15) is 37.7 Å². The zero-order valence-electron chi connectivity index (χ0n) is 14.0. The Labute approximate surface area is 141 Å². The number of rotatable bonds is 5.